The van der Waals surface area contributed by atoms with Crippen molar-refractivity contribution in [1.29, 1.82) is 0 Å². The predicted molar refractivity (Wildman–Crippen MR) is 87.1 cm³/mol. The van der Waals surface area contributed by atoms with Crippen LogP contribution in [0.1, 0.15) is 43.0 Å². The van der Waals surface area contributed by atoms with E-state index >= 15 is 0 Å². The van der Waals surface area contributed by atoms with Crippen LogP contribution in [0.5, 0.6) is 5.75 Å². The SMILES string of the molecule is CCOc1ccc(C(=O)NC2CCOC3(C2)CC(C(=O)O)C3)cc1. The van der Waals surface area contributed by atoms with Crippen LogP contribution in [0.2, 0.25) is 0 Å². The van der Waals surface area contributed by atoms with Crippen LogP contribution in [0.4, 0.5) is 0 Å². The molecule has 1 saturated heterocycles. The van der Waals surface area contributed by atoms with Crippen molar-refractivity contribution in [3.63, 3.8) is 0 Å². The van der Waals surface area contributed by atoms with Gasteiger partial charge in [0.05, 0.1) is 18.1 Å². The molecular formula is C18H23NO5. The van der Waals surface area contributed by atoms with Crippen molar-refractivity contribution >= 4 is 11.9 Å². The zero-order chi connectivity index (χ0) is 17.2. The number of rotatable bonds is 5. The average Bonchev–Trinajstić information content (AvgIpc) is 2.53. The summed E-state index contributed by atoms with van der Waals surface area (Å²) >= 11 is 0. The molecule has 0 aromatic heterocycles. The molecule has 0 radical (unpaired) electrons. The van der Waals surface area contributed by atoms with Crippen LogP contribution in [0.15, 0.2) is 24.3 Å². The molecule has 24 heavy (non-hydrogen) atoms. The van der Waals surface area contributed by atoms with Crippen LogP contribution in [0, 0.1) is 5.92 Å². The van der Waals surface area contributed by atoms with Crippen LogP contribution in [-0.4, -0.2) is 41.8 Å². The molecule has 2 N–H and O–H groups in total. The lowest BCUT2D eigenvalue weighted by molar-refractivity contribution is -0.181. The molecule has 1 aliphatic heterocycles. The van der Waals surface area contributed by atoms with E-state index in [4.69, 9.17) is 14.6 Å². The van der Waals surface area contributed by atoms with Gasteiger partial charge in [-0.1, -0.05) is 0 Å². The fourth-order valence-electron chi connectivity index (χ4n) is 3.59. The van der Waals surface area contributed by atoms with Crippen LogP contribution in [0.25, 0.3) is 0 Å². The first-order valence-corrected chi connectivity index (χ1v) is 8.42. The largest absolute Gasteiger partial charge is 0.494 e. The number of aliphatic carboxylic acids is 1. The van der Waals surface area contributed by atoms with E-state index < -0.39 is 5.97 Å². The van der Waals surface area contributed by atoms with Crippen LogP contribution in [-0.2, 0) is 9.53 Å². The zero-order valence-corrected chi connectivity index (χ0v) is 13.8. The normalized spacial score (nSPS) is 28.9. The van der Waals surface area contributed by atoms with Crippen molar-refractivity contribution in [3.8, 4) is 5.75 Å². The highest BCUT2D eigenvalue weighted by Crippen LogP contribution is 2.46. The number of hydrogen-bond acceptors (Lipinski definition) is 4. The minimum absolute atomic E-state index is 0.0209. The van der Waals surface area contributed by atoms with Gasteiger partial charge in [-0.25, -0.2) is 0 Å². The maximum Gasteiger partial charge on any atom is 0.306 e. The highest BCUT2D eigenvalue weighted by atomic mass is 16.5. The summed E-state index contributed by atoms with van der Waals surface area (Å²) in [5.41, 5.74) is 0.231. The van der Waals surface area contributed by atoms with Gasteiger partial charge < -0.3 is 19.9 Å². The van der Waals surface area contributed by atoms with E-state index in [-0.39, 0.29) is 23.5 Å². The van der Waals surface area contributed by atoms with Gasteiger partial charge in [-0.15, -0.1) is 0 Å². The van der Waals surface area contributed by atoms with Gasteiger partial charge in [0, 0.05) is 18.2 Å². The van der Waals surface area contributed by atoms with Gasteiger partial charge in [-0.2, -0.15) is 0 Å². The van der Waals surface area contributed by atoms with Crippen LogP contribution in [0.3, 0.4) is 0 Å². The Balaban J connectivity index is 1.55. The van der Waals surface area contributed by atoms with E-state index in [9.17, 15) is 9.59 Å². The van der Waals surface area contributed by atoms with Crippen molar-refractivity contribution in [2.75, 3.05) is 13.2 Å². The van der Waals surface area contributed by atoms with E-state index in [0.717, 1.165) is 12.2 Å². The molecule has 6 heteroatoms. The minimum atomic E-state index is -0.759. The molecule has 0 bridgehead atoms. The Labute approximate surface area is 141 Å². The lowest BCUT2D eigenvalue weighted by atomic mass is 9.66. The number of amides is 1. The Hall–Kier alpha value is -2.08. The highest BCUT2D eigenvalue weighted by molar-refractivity contribution is 5.94. The Morgan fingerprint density at radius 2 is 2.00 bits per heavy atom. The van der Waals surface area contributed by atoms with Gasteiger partial charge in [0.15, 0.2) is 0 Å². The monoisotopic (exact) mass is 333 g/mol. The molecule has 1 spiro atoms. The number of nitrogens with one attached hydrogen (secondary N) is 1. The molecule has 6 nitrogen and oxygen atoms in total. The van der Waals surface area contributed by atoms with Crippen molar-refractivity contribution in [1.82, 2.24) is 5.32 Å². The number of carboxylic acids is 1. The van der Waals surface area contributed by atoms with Crippen molar-refractivity contribution in [3.05, 3.63) is 29.8 Å². The molecule has 1 unspecified atom stereocenters. The summed E-state index contributed by atoms with van der Waals surface area (Å²) in [5.74, 6) is -0.446. The van der Waals surface area contributed by atoms with E-state index in [2.05, 4.69) is 5.32 Å². The number of carbonyl (C=O) groups excluding carboxylic acids is 1. The number of benzene rings is 1. The predicted octanol–water partition coefficient (Wildman–Crippen LogP) is 2.23. The van der Waals surface area contributed by atoms with Crippen molar-refractivity contribution in [2.45, 2.75) is 44.2 Å². The molecule has 1 amide bonds. The van der Waals surface area contributed by atoms with Gasteiger partial charge in [0.25, 0.3) is 5.91 Å². The summed E-state index contributed by atoms with van der Waals surface area (Å²) in [7, 11) is 0. The summed E-state index contributed by atoms with van der Waals surface area (Å²) in [6, 6.07) is 7.09. The lowest BCUT2D eigenvalue weighted by Gasteiger charge is -2.50. The third-order valence-corrected chi connectivity index (χ3v) is 4.84. The molecule has 1 saturated carbocycles. The fraction of sp³-hybridized carbons (Fsp3) is 0.556. The maximum atomic E-state index is 12.4. The topological polar surface area (TPSA) is 84.9 Å². The molecule has 130 valence electrons. The van der Waals surface area contributed by atoms with Gasteiger partial charge >= 0.3 is 5.97 Å². The van der Waals surface area contributed by atoms with E-state index in [1.165, 1.54) is 0 Å². The molecule has 1 atom stereocenters. The number of hydrogen-bond donors (Lipinski definition) is 2. The third-order valence-electron chi connectivity index (χ3n) is 4.84. The Kier molecular flexibility index (Phi) is 4.76. The fourth-order valence-corrected chi connectivity index (χ4v) is 3.59. The molecule has 2 aliphatic rings. The average molecular weight is 333 g/mol. The maximum absolute atomic E-state index is 12.4. The Morgan fingerprint density at radius 1 is 1.29 bits per heavy atom. The van der Waals surface area contributed by atoms with Crippen molar-refractivity contribution in [2.24, 2.45) is 5.92 Å². The molecule has 2 fully saturated rings. The zero-order valence-electron chi connectivity index (χ0n) is 13.8. The van der Waals surface area contributed by atoms with Crippen LogP contribution >= 0.6 is 0 Å². The summed E-state index contributed by atoms with van der Waals surface area (Å²) in [6.07, 6.45) is 2.51. The second-order valence-electron chi connectivity index (χ2n) is 6.60. The second-order valence-corrected chi connectivity index (χ2v) is 6.60. The lowest BCUT2D eigenvalue weighted by Crippen LogP contribution is -2.56. The number of carboxylic acid groups (broad SMARTS) is 1. The molecular weight excluding hydrogens is 310 g/mol. The standard InChI is InChI=1S/C18H23NO5/c1-2-23-15-5-3-12(4-6-15)16(20)19-14-7-8-24-18(11-14)9-13(10-18)17(21)22/h3-6,13-14H,2,7-11H2,1H3,(H,19,20)(H,21,22). The Bertz CT molecular complexity index is 606. The van der Waals surface area contributed by atoms with Gasteiger partial charge in [-0.05, 0) is 56.9 Å². The molecule has 3 rings (SSSR count). The van der Waals surface area contributed by atoms with E-state index in [1.807, 2.05) is 6.92 Å². The third kappa shape index (κ3) is 3.53. The first-order valence-electron chi connectivity index (χ1n) is 8.42. The summed E-state index contributed by atoms with van der Waals surface area (Å²) in [5, 5.41) is 12.1. The molecule has 1 heterocycles. The molecule has 1 aliphatic carbocycles. The molecule has 1 aromatic carbocycles. The summed E-state index contributed by atoms with van der Waals surface area (Å²) in [6.45, 7) is 3.06. The number of carbonyl (C=O) groups is 2. The quantitative estimate of drug-likeness (QED) is 0.863. The van der Waals surface area contributed by atoms with Crippen molar-refractivity contribution < 1.29 is 24.2 Å². The minimum Gasteiger partial charge on any atom is -0.494 e. The first kappa shape index (κ1) is 16.8. The molecule has 1 aromatic rings. The van der Waals surface area contributed by atoms with E-state index in [1.54, 1.807) is 24.3 Å². The number of ether oxygens (including phenoxy) is 2. The van der Waals surface area contributed by atoms with Gasteiger partial charge in [0.1, 0.15) is 5.75 Å². The van der Waals surface area contributed by atoms with E-state index in [0.29, 0.717) is 38.0 Å². The smallest absolute Gasteiger partial charge is 0.306 e. The Morgan fingerprint density at radius 3 is 2.62 bits per heavy atom. The summed E-state index contributed by atoms with van der Waals surface area (Å²) < 4.78 is 11.2. The summed E-state index contributed by atoms with van der Waals surface area (Å²) in [4.78, 5) is 23.4. The first-order chi connectivity index (χ1) is 11.5. The van der Waals surface area contributed by atoms with Gasteiger partial charge in [0.2, 0.25) is 0 Å². The van der Waals surface area contributed by atoms with Gasteiger partial charge in [-0.3, -0.25) is 9.59 Å². The van der Waals surface area contributed by atoms with Crippen LogP contribution < -0.4 is 10.1 Å². The highest BCUT2D eigenvalue weighted by Gasteiger charge is 2.51. The second kappa shape index (κ2) is 6.81.